The van der Waals surface area contributed by atoms with Crippen LogP contribution in [0.3, 0.4) is 0 Å². The zero-order valence-corrected chi connectivity index (χ0v) is 20.6. The zero-order chi connectivity index (χ0) is 22.9. The Morgan fingerprint density at radius 2 is 1.85 bits per heavy atom. The predicted octanol–water partition coefficient (Wildman–Crippen LogP) is 6.88. The minimum Gasteiger partial charge on any atom is -0.323 e. The molecule has 4 aromatic rings. The van der Waals surface area contributed by atoms with Gasteiger partial charge in [0.15, 0.2) is 0 Å². The molecule has 1 amide bonds. The molecule has 1 saturated heterocycles. The van der Waals surface area contributed by atoms with Crippen LogP contribution in [-0.2, 0) is 11.3 Å². The van der Waals surface area contributed by atoms with Crippen molar-refractivity contribution in [1.29, 1.82) is 0 Å². The van der Waals surface area contributed by atoms with Crippen molar-refractivity contribution in [3.8, 4) is 0 Å². The van der Waals surface area contributed by atoms with Crippen LogP contribution < -0.4 is 4.90 Å². The summed E-state index contributed by atoms with van der Waals surface area (Å²) in [5, 5.41) is 0. The number of fused-ring (bicyclic) bond motifs is 1. The fraction of sp³-hybridized carbons (Fsp3) is 0.286. The molecular weight excluding hydrogens is 474 g/mol. The largest absolute Gasteiger partial charge is 0.323 e. The van der Waals surface area contributed by atoms with Gasteiger partial charge in [-0.3, -0.25) is 4.79 Å². The van der Waals surface area contributed by atoms with Gasteiger partial charge in [0.05, 0.1) is 11.0 Å². The molecule has 0 bridgehead atoms. The maximum Gasteiger partial charge on any atom is 0.227 e. The van der Waals surface area contributed by atoms with Crippen LogP contribution in [0.1, 0.15) is 55.5 Å². The van der Waals surface area contributed by atoms with Crippen molar-refractivity contribution < 1.29 is 4.79 Å². The number of rotatable bonds is 6. The lowest BCUT2D eigenvalue weighted by atomic mass is 9.97. The quantitative estimate of drug-likeness (QED) is 0.288. The summed E-state index contributed by atoms with van der Waals surface area (Å²) in [5.74, 6) is 1.77. The molecule has 1 fully saturated rings. The van der Waals surface area contributed by atoms with Crippen molar-refractivity contribution in [2.45, 2.75) is 45.1 Å². The third-order valence-electron chi connectivity index (χ3n) is 6.80. The highest BCUT2D eigenvalue weighted by Crippen LogP contribution is 2.34. The van der Waals surface area contributed by atoms with Gasteiger partial charge in [0, 0.05) is 35.6 Å². The Balaban J connectivity index is 1.48. The van der Waals surface area contributed by atoms with Crippen molar-refractivity contribution in [2.75, 3.05) is 11.4 Å². The molecule has 0 saturated carbocycles. The van der Waals surface area contributed by atoms with Crippen LogP contribution in [0.4, 0.5) is 5.69 Å². The van der Waals surface area contributed by atoms with Crippen LogP contribution in [0, 0.1) is 0 Å². The molecule has 1 aliphatic heterocycles. The predicted molar refractivity (Wildman–Crippen MR) is 138 cm³/mol. The Morgan fingerprint density at radius 1 is 1.06 bits per heavy atom. The maximum absolute atomic E-state index is 13.0. The highest BCUT2D eigenvalue weighted by molar-refractivity contribution is 9.10. The Labute approximate surface area is 203 Å². The number of hydrogen-bond acceptors (Lipinski definition) is 2. The van der Waals surface area contributed by atoms with Crippen molar-refractivity contribution in [3.05, 3.63) is 94.2 Å². The van der Waals surface area contributed by atoms with Gasteiger partial charge in [0.2, 0.25) is 5.91 Å². The van der Waals surface area contributed by atoms with Crippen LogP contribution in [0.5, 0.6) is 0 Å². The molecule has 3 aromatic carbocycles. The smallest absolute Gasteiger partial charge is 0.227 e. The number of carbonyl (C=O) groups excluding carboxylic acids is 1. The van der Waals surface area contributed by atoms with E-state index in [1.807, 2.05) is 35.2 Å². The van der Waals surface area contributed by atoms with Crippen LogP contribution in [-0.4, -0.2) is 22.0 Å². The number of para-hydroxylation sites is 2. The first-order valence-electron chi connectivity index (χ1n) is 11.6. The van der Waals surface area contributed by atoms with E-state index >= 15 is 0 Å². The van der Waals surface area contributed by atoms with Gasteiger partial charge in [0.1, 0.15) is 5.82 Å². The zero-order valence-electron chi connectivity index (χ0n) is 19.0. The normalized spacial score (nSPS) is 17.1. The molecule has 1 aliphatic rings. The van der Waals surface area contributed by atoms with Crippen molar-refractivity contribution in [2.24, 2.45) is 0 Å². The van der Waals surface area contributed by atoms with E-state index in [0.717, 1.165) is 40.0 Å². The molecule has 1 aromatic heterocycles. The summed E-state index contributed by atoms with van der Waals surface area (Å²) in [6.07, 6.45) is 1.61. The lowest BCUT2D eigenvalue weighted by Crippen LogP contribution is -2.24. The van der Waals surface area contributed by atoms with Crippen molar-refractivity contribution in [1.82, 2.24) is 9.55 Å². The summed E-state index contributed by atoms with van der Waals surface area (Å²) in [4.78, 5) is 19.9. The minimum absolute atomic E-state index is 0.0586. The maximum atomic E-state index is 13.0. The summed E-state index contributed by atoms with van der Waals surface area (Å²) in [7, 11) is 0. The molecule has 168 valence electrons. The Hall–Kier alpha value is -2.92. The highest BCUT2D eigenvalue weighted by atomic mass is 79.9. The molecule has 2 atom stereocenters. The monoisotopic (exact) mass is 501 g/mol. The number of aromatic nitrogens is 2. The number of benzene rings is 3. The van der Waals surface area contributed by atoms with Gasteiger partial charge in [-0.05, 0) is 53.8 Å². The highest BCUT2D eigenvalue weighted by Gasteiger charge is 2.35. The molecule has 33 heavy (non-hydrogen) atoms. The first-order valence-corrected chi connectivity index (χ1v) is 12.4. The minimum atomic E-state index is 0.0586. The van der Waals surface area contributed by atoms with Gasteiger partial charge < -0.3 is 9.47 Å². The number of carbonyl (C=O) groups is 1. The van der Waals surface area contributed by atoms with Crippen LogP contribution in [0.2, 0.25) is 0 Å². The summed E-state index contributed by atoms with van der Waals surface area (Å²) in [6.45, 7) is 5.89. The van der Waals surface area contributed by atoms with Crippen LogP contribution in [0.25, 0.3) is 11.0 Å². The first-order chi connectivity index (χ1) is 16.0. The molecule has 5 heteroatoms. The van der Waals surface area contributed by atoms with Gasteiger partial charge in [0.25, 0.3) is 0 Å². The second-order valence-electron chi connectivity index (χ2n) is 8.98. The van der Waals surface area contributed by atoms with Crippen LogP contribution >= 0.6 is 15.9 Å². The fourth-order valence-electron chi connectivity index (χ4n) is 4.72. The summed E-state index contributed by atoms with van der Waals surface area (Å²) >= 11 is 3.53. The second kappa shape index (κ2) is 9.14. The van der Waals surface area contributed by atoms with E-state index in [1.165, 1.54) is 11.1 Å². The summed E-state index contributed by atoms with van der Waals surface area (Å²) in [5.41, 5.74) is 5.66. The van der Waals surface area contributed by atoms with Crippen molar-refractivity contribution in [3.63, 3.8) is 0 Å². The fourth-order valence-corrected chi connectivity index (χ4v) is 5.10. The van der Waals surface area contributed by atoms with Gasteiger partial charge >= 0.3 is 0 Å². The SMILES string of the molecule is CCC(C)c1ccc(Cn2c(C3CC(=O)N(c4cccc(Br)c4)C3)nc3ccccc32)cc1. The number of hydrogen-bond donors (Lipinski definition) is 0. The molecule has 5 rings (SSSR count). The van der Waals surface area contributed by atoms with E-state index < -0.39 is 0 Å². The van der Waals surface area contributed by atoms with Gasteiger partial charge in [-0.25, -0.2) is 4.98 Å². The topological polar surface area (TPSA) is 38.1 Å². The third kappa shape index (κ3) is 4.34. The van der Waals surface area contributed by atoms with E-state index in [4.69, 9.17) is 4.98 Å². The average Bonchev–Trinajstić information content (AvgIpc) is 3.39. The number of nitrogens with zero attached hydrogens (tertiary/aromatic N) is 3. The molecule has 0 aliphatic carbocycles. The molecule has 0 N–H and O–H groups in total. The Kier molecular flexibility index (Phi) is 6.07. The van der Waals surface area contributed by atoms with E-state index in [-0.39, 0.29) is 11.8 Å². The number of amides is 1. The van der Waals surface area contributed by atoms with Crippen LogP contribution in [0.15, 0.2) is 77.3 Å². The second-order valence-corrected chi connectivity index (χ2v) is 9.90. The molecule has 2 heterocycles. The number of halogens is 1. The first kappa shape index (κ1) is 21.9. The van der Waals surface area contributed by atoms with E-state index in [1.54, 1.807) is 0 Å². The Bertz CT molecular complexity index is 1290. The third-order valence-corrected chi connectivity index (χ3v) is 7.29. The lowest BCUT2D eigenvalue weighted by molar-refractivity contribution is -0.117. The van der Waals surface area contributed by atoms with E-state index in [2.05, 4.69) is 76.8 Å². The summed E-state index contributed by atoms with van der Waals surface area (Å²) < 4.78 is 3.28. The molecule has 4 nitrogen and oxygen atoms in total. The molecule has 0 spiro atoms. The van der Waals surface area contributed by atoms with E-state index in [9.17, 15) is 4.79 Å². The standard InChI is InChI=1S/C28H28BrN3O/c1-3-19(2)21-13-11-20(12-14-21)17-32-26-10-5-4-9-25(26)30-28(32)22-15-27(33)31(18-22)24-8-6-7-23(29)16-24/h4-14,16,19,22H,3,15,17-18H2,1-2H3. The van der Waals surface area contributed by atoms with Crippen molar-refractivity contribution >= 4 is 38.6 Å². The Morgan fingerprint density at radius 3 is 2.61 bits per heavy atom. The van der Waals surface area contributed by atoms with Gasteiger partial charge in [-0.1, -0.05) is 72.2 Å². The van der Waals surface area contributed by atoms with Gasteiger partial charge in [-0.15, -0.1) is 0 Å². The van der Waals surface area contributed by atoms with E-state index in [0.29, 0.717) is 18.9 Å². The van der Waals surface area contributed by atoms with Gasteiger partial charge in [-0.2, -0.15) is 0 Å². The molecule has 2 unspecified atom stereocenters. The molecule has 0 radical (unpaired) electrons. The average molecular weight is 502 g/mol. The number of imidazole rings is 1. The molecular formula is C28H28BrN3O. The number of anilines is 1. The summed E-state index contributed by atoms with van der Waals surface area (Å²) in [6, 6.07) is 25.2. The lowest BCUT2D eigenvalue weighted by Gasteiger charge is -2.18.